The maximum atomic E-state index is 13.3. The number of anilines is 2. The third-order valence-electron chi connectivity index (χ3n) is 5.41. The van der Waals surface area contributed by atoms with Gasteiger partial charge >= 0.3 is 0 Å². The van der Waals surface area contributed by atoms with E-state index in [9.17, 15) is 19.2 Å². The molecule has 2 amide bonds. The van der Waals surface area contributed by atoms with Crippen molar-refractivity contribution in [1.82, 2.24) is 4.98 Å². The van der Waals surface area contributed by atoms with E-state index in [1.807, 2.05) is 0 Å². The van der Waals surface area contributed by atoms with Gasteiger partial charge in [-0.1, -0.05) is 12.1 Å². The average molecular weight is 378 g/mol. The van der Waals surface area contributed by atoms with E-state index in [2.05, 4.69) is 16.4 Å². The van der Waals surface area contributed by atoms with Crippen LogP contribution in [0, 0.1) is 28.5 Å². The van der Waals surface area contributed by atoms with E-state index in [-0.39, 0.29) is 24.2 Å². The summed E-state index contributed by atoms with van der Waals surface area (Å²) in [6, 6.07) is 11.4. The number of carbonyl (C=O) groups excluding carboxylic acids is 2. The van der Waals surface area contributed by atoms with Gasteiger partial charge in [-0.05, 0) is 48.9 Å². The van der Waals surface area contributed by atoms with Crippen molar-refractivity contribution in [2.75, 3.05) is 16.8 Å². The van der Waals surface area contributed by atoms with E-state index in [0.717, 1.165) is 12.8 Å². The summed E-state index contributed by atoms with van der Waals surface area (Å²) in [4.78, 5) is 30.9. The van der Waals surface area contributed by atoms with Crippen LogP contribution in [0.5, 0.6) is 0 Å². The van der Waals surface area contributed by atoms with Gasteiger partial charge in [-0.2, -0.15) is 5.26 Å². The van der Waals surface area contributed by atoms with Crippen molar-refractivity contribution < 1.29 is 14.0 Å². The summed E-state index contributed by atoms with van der Waals surface area (Å²) < 4.78 is 13.3. The highest BCUT2D eigenvalue weighted by Crippen LogP contribution is 2.51. The van der Waals surface area contributed by atoms with Gasteiger partial charge in [0.25, 0.3) is 0 Å². The number of benzene rings is 1. The summed E-state index contributed by atoms with van der Waals surface area (Å²) in [5, 5.41) is 12.3. The predicted octanol–water partition coefficient (Wildman–Crippen LogP) is 3.06. The normalized spacial score (nSPS) is 21.4. The second-order valence-electron chi connectivity index (χ2n) is 7.32. The van der Waals surface area contributed by atoms with Crippen LogP contribution in [0.3, 0.4) is 0 Å². The fraction of sp³-hybridized carbons (Fsp3) is 0.333. The molecule has 0 unspecified atom stereocenters. The van der Waals surface area contributed by atoms with Crippen LogP contribution in [0.25, 0.3) is 0 Å². The lowest BCUT2D eigenvalue weighted by Gasteiger charge is -2.21. The molecule has 1 aromatic carbocycles. The number of nitriles is 1. The third-order valence-corrected chi connectivity index (χ3v) is 5.41. The molecule has 142 valence electrons. The lowest BCUT2D eigenvalue weighted by atomic mass is 9.83. The molecule has 2 aromatic rings. The molecular weight excluding hydrogens is 359 g/mol. The first-order chi connectivity index (χ1) is 13.5. The quantitative estimate of drug-likeness (QED) is 0.866. The standard InChI is InChI=1S/C21H19FN4O2/c22-16-3-1-2-14(10-16)11-19(27)25-18-12-17(6-8-24-18)26-9-7-21(13-23,20(26)28)15-4-5-15/h1-3,6,8,10,12,15H,4-5,7,9,11H2,(H,24,25,27)/t21-/m1/s1. The van der Waals surface area contributed by atoms with Crippen LogP contribution in [0.1, 0.15) is 24.8 Å². The van der Waals surface area contributed by atoms with Crippen molar-refractivity contribution in [3.63, 3.8) is 0 Å². The molecule has 28 heavy (non-hydrogen) atoms. The summed E-state index contributed by atoms with van der Waals surface area (Å²) in [5.74, 6) is -0.419. The fourth-order valence-corrected chi connectivity index (χ4v) is 3.81. The van der Waals surface area contributed by atoms with Crippen LogP contribution in [0.15, 0.2) is 42.6 Å². The molecule has 1 saturated carbocycles. The molecule has 1 aliphatic heterocycles. The summed E-state index contributed by atoms with van der Waals surface area (Å²) in [6.07, 6.45) is 3.90. The monoisotopic (exact) mass is 378 g/mol. The number of nitrogens with zero attached hydrogens (tertiary/aromatic N) is 3. The van der Waals surface area contributed by atoms with E-state index >= 15 is 0 Å². The van der Waals surface area contributed by atoms with Crippen molar-refractivity contribution in [2.45, 2.75) is 25.7 Å². The Morgan fingerprint density at radius 3 is 2.89 bits per heavy atom. The first kappa shape index (κ1) is 18.1. The van der Waals surface area contributed by atoms with Crippen molar-refractivity contribution in [2.24, 2.45) is 11.3 Å². The third kappa shape index (κ3) is 3.33. The van der Waals surface area contributed by atoms with Crippen LogP contribution < -0.4 is 10.2 Å². The smallest absolute Gasteiger partial charge is 0.247 e. The summed E-state index contributed by atoms with van der Waals surface area (Å²) in [7, 11) is 0. The Bertz CT molecular complexity index is 982. The molecule has 2 fully saturated rings. The van der Waals surface area contributed by atoms with Crippen molar-refractivity contribution in [3.8, 4) is 6.07 Å². The highest BCUT2D eigenvalue weighted by molar-refractivity contribution is 6.02. The van der Waals surface area contributed by atoms with Crippen LogP contribution in [0.4, 0.5) is 15.9 Å². The molecule has 6 nitrogen and oxygen atoms in total. The van der Waals surface area contributed by atoms with Gasteiger partial charge in [-0.3, -0.25) is 9.59 Å². The van der Waals surface area contributed by atoms with Gasteiger partial charge < -0.3 is 10.2 Å². The van der Waals surface area contributed by atoms with E-state index in [4.69, 9.17) is 0 Å². The molecule has 1 atom stereocenters. The molecule has 2 heterocycles. The maximum Gasteiger partial charge on any atom is 0.247 e. The zero-order valence-corrected chi connectivity index (χ0v) is 15.2. The first-order valence-electron chi connectivity index (χ1n) is 9.25. The molecule has 0 spiro atoms. The molecule has 4 rings (SSSR count). The topological polar surface area (TPSA) is 86.1 Å². The van der Waals surface area contributed by atoms with E-state index in [1.165, 1.54) is 18.3 Å². The highest BCUT2D eigenvalue weighted by Gasteiger charge is 2.56. The molecule has 1 saturated heterocycles. The Morgan fingerprint density at radius 1 is 1.36 bits per heavy atom. The maximum absolute atomic E-state index is 13.3. The average Bonchev–Trinajstić information content (AvgIpc) is 3.46. The zero-order chi connectivity index (χ0) is 19.7. The Morgan fingerprint density at radius 2 is 2.18 bits per heavy atom. The first-order valence-corrected chi connectivity index (χ1v) is 9.25. The highest BCUT2D eigenvalue weighted by atomic mass is 19.1. The molecule has 2 aliphatic rings. The number of amides is 2. The largest absolute Gasteiger partial charge is 0.311 e. The lowest BCUT2D eigenvalue weighted by molar-refractivity contribution is -0.123. The van der Waals surface area contributed by atoms with Crippen molar-refractivity contribution in [3.05, 3.63) is 54.0 Å². The number of hydrogen-bond donors (Lipinski definition) is 1. The van der Waals surface area contributed by atoms with E-state index in [0.29, 0.717) is 30.0 Å². The van der Waals surface area contributed by atoms with Gasteiger partial charge in [0.1, 0.15) is 17.1 Å². The van der Waals surface area contributed by atoms with Gasteiger partial charge in [0.2, 0.25) is 11.8 Å². The Labute approximate surface area is 162 Å². The van der Waals surface area contributed by atoms with Crippen molar-refractivity contribution >= 4 is 23.3 Å². The number of nitrogens with one attached hydrogen (secondary N) is 1. The number of pyridine rings is 1. The molecule has 0 bridgehead atoms. The number of hydrogen-bond acceptors (Lipinski definition) is 4. The molecule has 1 aliphatic carbocycles. The minimum absolute atomic E-state index is 0.0194. The second-order valence-corrected chi connectivity index (χ2v) is 7.32. The molecule has 1 aromatic heterocycles. The summed E-state index contributed by atoms with van der Waals surface area (Å²) in [5.41, 5.74) is 0.259. The van der Waals surface area contributed by atoms with Crippen LogP contribution in [-0.2, 0) is 16.0 Å². The van der Waals surface area contributed by atoms with Gasteiger partial charge in [0.05, 0.1) is 12.5 Å². The Hall–Kier alpha value is -3.27. The molecule has 1 N–H and O–H groups in total. The SMILES string of the molecule is N#C[C@@]1(C2CC2)CCN(c2ccnc(NC(=O)Cc3cccc(F)c3)c2)C1=O. The van der Waals surface area contributed by atoms with Gasteiger partial charge in [0, 0.05) is 24.5 Å². The van der Waals surface area contributed by atoms with Gasteiger partial charge in [0.15, 0.2) is 0 Å². The Kier molecular flexibility index (Phi) is 4.55. The Balaban J connectivity index is 1.47. The van der Waals surface area contributed by atoms with E-state index in [1.54, 1.807) is 29.2 Å². The van der Waals surface area contributed by atoms with Gasteiger partial charge in [-0.25, -0.2) is 9.37 Å². The van der Waals surface area contributed by atoms with E-state index < -0.39 is 11.2 Å². The summed E-state index contributed by atoms with van der Waals surface area (Å²) in [6.45, 7) is 0.476. The number of carbonyl (C=O) groups is 2. The van der Waals surface area contributed by atoms with Crippen molar-refractivity contribution in [1.29, 1.82) is 5.26 Å². The molecule has 0 radical (unpaired) electrons. The molecule has 7 heteroatoms. The number of halogens is 1. The minimum Gasteiger partial charge on any atom is -0.311 e. The summed E-state index contributed by atoms with van der Waals surface area (Å²) >= 11 is 0. The number of aromatic nitrogens is 1. The van der Waals surface area contributed by atoms with Gasteiger partial charge in [-0.15, -0.1) is 0 Å². The second kappa shape index (κ2) is 7.04. The number of rotatable bonds is 5. The fourth-order valence-electron chi connectivity index (χ4n) is 3.81. The predicted molar refractivity (Wildman–Crippen MR) is 101 cm³/mol. The lowest BCUT2D eigenvalue weighted by Crippen LogP contribution is -2.35. The minimum atomic E-state index is -0.913. The van der Waals surface area contributed by atoms with Crippen LogP contribution >= 0.6 is 0 Å². The molecular formula is C21H19FN4O2. The zero-order valence-electron chi connectivity index (χ0n) is 15.2. The van der Waals surface area contributed by atoms with Crippen LogP contribution in [-0.4, -0.2) is 23.3 Å². The van der Waals surface area contributed by atoms with Crippen LogP contribution in [0.2, 0.25) is 0 Å².